The minimum absolute atomic E-state index is 0.0256. The molecule has 0 aliphatic heterocycles. The topological polar surface area (TPSA) is 70.2 Å². The van der Waals surface area contributed by atoms with Gasteiger partial charge in [0.15, 0.2) is 0 Å². The molecule has 0 aromatic heterocycles. The summed E-state index contributed by atoms with van der Waals surface area (Å²) in [4.78, 5) is 23.3. The van der Waals surface area contributed by atoms with Gasteiger partial charge >= 0.3 is 6.03 Å². The van der Waals surface area contributed by atoms with Gasteiger partial charge in [0.2, 0.25) is 5.91 Å². The highest BCUT2D eigenvalue weighted by molar-refractivity contribution is 9.10. The fourth-order valence-corrected chi connectivity index (χ4v) is 1.87. The number of halogens is 1. The predicted molar refractivity (Wildman–Crippen MR) is 86.2 cm³/mol. The SMILES string of the molecule is O=C(CNc1ccccc1)NC(=O)Nc1ccc(Br)cc1. The summed E-state index contributed by atoms with van der Waals surface area (Å²) in [7, 11) is 0. The number of urea groups is 1. The first kappa shape index (κ1) is 15.1. The Morgan fingerprint density at radius 3 is 2.24 bits per heavy atom. The highest BCUT2D eigenvalue weighted by Crippen LogP contribution is 2.13. The molecular weight excluding hydrogens is 334 g/mol. The third kappa shape index (κ3) is 5.27. The van der Waals surface area contributed by atoms with Gasteiger partial charge in [0, 0.05) is 15.8 Å². The van der Waals surface area contributed by atoms with Gasteiger partial charge in [0.25, 0.3) is 0 Å². The van der Waals surface area contributed by atoms with Crippen molar-refractivity contribution in [1.82, 2.24) is 5.32 Å². The minimum atomic E-state index is -0.558. The average Bonchev–Trinajstić information content (AvgIpc) is 2.48. The summed E-state index contributed by atoms with van der Waals surface area (Å²) < 4.78 is 0.914. The number of rotatable bonds is 4. The molecule has 0 fully saturated rings. The van der Waals surface area contributed by atoms with Crippen LogP contribution in [0.2, 0.25) is 0 Å². The standard InChI is InChI=1S/C15H14BrN3O2/c16-11-6-8-13(9-7-11)18-15(21)19-14(20)10-17-12-4-2-1-3-5-12/h1-9,17H,10H2,(H2,18,19,20,21). The van der Waals surface area contributed by atoms with Crippen molar-refractivity contribution in [3.8, 4) is 0 Å². The molecule has 0 radical (unpaired) electrons. The molecule has 0 saturated heterocycles. The first-order valence-electron chi connectivity index (χ1n) is 6.29. The molecule has 6 heteroatoms. The first-order valence-corrected chi connectivity index (χ1v) is 7.08. The number of amides is 3. The number of anilines is 2. The van der Waals surface area contributed by atoms with Crippen LogP contribution in [0.25, 0.3) is 0 Å². The zero-order chi connectivity index (χ0) is 15.1. The Morgan fingerprint density at radius 1 is 0.905 bits per heavy atom. The molecule has 0 bridgehead atoms. The van der Waals surface area contributed by atoms with Gasteiger partial charge in [-0.2, -0.15) is 0 Å². The second-order valence-electron chi connectivity index (χ2n) is 4.23. The fourth-order valence-electron chi connectivity index (χ4n) is 1.60. The smallest absolute Gasteiger partial charge is 0.325 e. The number of carbonyl (C=O) groups excluding carboxylic acids is 2. The van der Waals surface area contributed by atoms with Crippen LogP contribution in [0.5, 0.6) is 0 Å². The van der Waals surface area contributed by atoms with E-state index >= 15 is 0 Å². The van der Waals surface area contributed by atoms with Crippen LogP contribution in [-0.2, 0) is 4.79 Å². The molecule has 0 aliphatic rings. The van der Waals surface area contributed by atoms with Crippen LogP contribution in [-0.4, -0.2) is 18.5 Å². The lowest BCUT2D eigenvalue weighted by molar-refractivity contribution is -0.118. The molecule has 0 heterocycles. The maximum absolute atomic E-state index is 11.6. The van der Waals surface area contributed by atoms with Crippen LogP contribution in [0.15, 0.2) is 59.1 Å². The number of hydrogen-bond donors (Lipinski definition) is 3. The maximum Gasteiger partial charge on any atom is 0.325 e. The second kappa shape index (κ2) is 7.44. The van der Waals surface area contributed by atoms with Crippen molar-refractivity contribution in [1.29, 1.82) is 0 Å². The van der Waals surface area contributed by atoms with Gasteiger partial charge in [0.05, 0.1) is 6.54 Å². The van der Waals surface area contributed by atoms with E-state index in [9.17, 15) is 9.59 Å². The van der Waals surface area contributed by atoms with Gasteiger partial charge in [-0.25, -0.2) is 4.79 Å². The Hall–Kier alpha value is -2.34. The van der Waals surface area contributed by atoms with Crippen molar-refractivity contribution in [2.75, 3.05) is 17.2 Å². The molecule has 3 amide bonds. The van der Waals surface area contributed by atoms with Crippen molar-refractivity contribution in [3.05, 3.63) is 59.1 Å². The van der Waals surface area contributed by atoms with E-state index in [1.165, 1.54) is 0 Å². The molecule has 2 aromatic rings. The summed E-state index contributed by atoms with van der Waals surface area (Å²) in [5, 5.41) is 7.75. The van der Waals surface area contributed by atoms with Gasteiger partial charge in [-0.15, -0.1) is 0 Å². The number of nitrogens with one attached hydrogen (secondary N) is 3. The van der Waals surface area contributed by atoms with Crippen LogP contribution >= 0.6 is 15.9 Å². The Labute approximate surface area is 130 Å². The van der Waals surface area contributed by atoms with E-state index in [0.717, 1.165) is 10.2 Å². The van der Waals surface area contributed by atoms with Crippen LogP contribution in [0.1, 0.15) is 0 Å². The largest absolute Gasteiger partial charge is 0.376 e. The quantitative estimate of drug-likeness (QED) is 0.795. The molecule has 0 saturated carbocycles. The third-order valence-electron chi connectivity index (χ3n) is 2.58. The lowest BCUT2D eigenvalue weighted by atomic mass is 10.3. The molecule has 0 atom stereocenters. The van der Waals surface area contributed by atoms with Crippen molar-refractivity contribution in [2.24, 2.45) is 0 Å². The summed E-state index contributed by atoms with van der Waals surface area (Å²) in [5.74, 6) is -0.409. The van der Waals surface area contributed by atoms with E-state index in [1.807, 2.05) is 30.3 Å². The van der Waals surface area contributed by atoms with E-state index in [0.29, 0.717) is 5.69 Å². The molecule has 5 nitrogen and oxygen atoms in total. The third-order valence-corrected chi connectivity index (χ3v) is 3.11. The number of carbonyl (C=O) groups is 2. The average molecular weight is 348 g/mol. The summed E-state index contributed by atoms with van der Waals surface area (Å²) in [6, 6.07) is 15.8. The normalized spacial score (nSPS) is 9.76. The molecule has 0 aliphatic carbocycles. The first-order chi connectivity index (χ1) is 10.1. The van der Waals surface area contributed by atoms with E-state index in [-0.39, 0.29) is 6.54 Å². The highest BCUT2D eigenvalue weighted by Gasteiger charge is 2.07. The van der Waals surface area contributed by atoms with E-state index in [4.69, 9.17) is 0 Å². The fraction of sp³-hybridized carbons (Fsp3) is 0.0667. The Morgan fingerprint density at radius 2 is 1.57 bits per heavy atom. The molecule has 21 heavy (non-hydrogen) atoms. The number of imide groups is 1. The van der Waals surface area contributed by atoms with Gasteiger partial charge in [-0.05, 0) is 36.4 Å². The summed E-state index contributed by atoms with van der Waals surface area (Å²) in [5.41, 5.74) is 1.43. The van der Waals surface area contributed by atoms with Crippen LogP contribution in [0.3, 0.4) is 0 Å². The molecule has 3 N–H and O–H groups in total. The highest BCUT2D eigenvalue weighted by atomic mass is 79.9. The molecular formula is C15H14BrN3O2. The Kier molecular flexibility index (Phi) is 5.34. The lowest BCUT2D eigenvalue weighted by Crippen LogP contribution is -2.37. The van der Waals surface area contributed by atoms with Crippen LogP contribution in [0.4, 0.5) is 16.2 Å². The monoisotopic (exact) mass is 347 g/mol. The van der Waals surface area contributed by atoms with Gasteiger partial charge in [-0.1, -0.05) is 34.1 Å². The second-order valence-corrected chi connectivity index (χ2v) is 5.14. The van der Waals surface area contributed by atoms with Crippen LogP contribution in [0, 0.1) is 0 Å². The van der Waals surface area contributed by atoms with E-state index in [2.05, 4.69) is 31.9 Å². The van der Waals surface area contributed by atoms with Gasteiger partial charge in [-0.3, -0.25) is 10.1 Å². The Bertz CT molecular complexity index is 615. The Balaban J connectivity index is 1.77. The minimum Gasteiger partial charge on any atom is -0.376 e. The lowest BCUT2D eigenvalue weighted by Gasteiger charge is -2.08. The number of hydrogen-bond acceptors (Lipinski definition) is 3. The molecule has 0 spiro atoms. The number of benzene rings is 2. The zero-order valence-electron chi connectivity index (χ0n) is 11.1. The van der Waals surface area contributed by atoms with E-state index in [1.54, 1.807) is 24.3 Å². The summed E-state index contributed by atoms with van der Waals surface area (Å²) >= 11 is 3.30. The van der Waals surface area contributed by atoms with Crippen molar-refractivity contribution in [2.45, 2.75) is 0 Å². The summed E-state index contributed by atoms with van der Waals surface area (Å²) in [6.45, 7) is 0.0256. The van der Waals surface area contributed by atoms with E-state index < -0.39 is 11.9 Å². The maximum atomic E-state index is 11.6. The molecule has 0 unspecified atom stereocenters. The predicted octanol–water partition coefficient (Wildman–Crippen LogP) is 3.21. The molecule has 108 valence electrons. The molecule has 2 aromatic carbocycles. The summed E-state index contributed by atoms with van der Waals surface area (Å²) in [6.07, 6.45) is 0. The van der Waals surface area contributed by atoms with Gasteiger partial charge in [0.1, 0.15) is 0 Å². The van der Waals surface area contributed by atoms with Crippen LogP contribution < -0.4 is 16.0 Å². The van der Waals surface area contributed by atoms with Crippen molar-refractivity contribution >= 4 is 39.2 Å². The zero-order valence-corrected chi connectivity index (χ0v) is 12.7. The van der Waals surface area contributed by atoms with Crippen molar-refractivity contribution in [3.63, 3.8) is 0 Å². The number of para-hydroxylation sites is 1. The van der Waals surface area contributed by atoms with Crippen molar-refractivity contribution < 1.29 is 9.59 Å². The van der Waals surface area contributed by atoms with Gasteiger partial charge < -0.3 is 10.6 Å². The molecule has 2 rings (SSSR count).